The zero-order valence-corrected chi connectivity index (χ0v) is 27.9. The molecule has 5 nitrogen and oxygen atoms in total. The van der Waals surface area contributed by atoms with Gasteiger partial charge in [0.05, 0.1) is 11.0 Å². The number of fused-ring (bicyclic) bond motifs is 10. The average molecular weight is 671 g/mol. The Bertz CT molecular complexity index is 3140. The van der Waals surface area contributed by atoms with Crippen molar-refractivity contribution in [2.45, 2.75) is 0 Å². The number of rotatable bonds is 4. The maximum absolute atomic E-state index is 6.42. The summed E-state index contributed by atoms with van der Waals surface area (Å²) in [5.74, 6) is 1.87. The van der Waals surface area contributed by atoms with E-state index in [2.05, 4.69) is 126 Å². The lowest BCUT2D eigenvalue weighted by Crippen LogP contribution is -2.00. The third-order valence-corrected chi connectivity index (χ3v) is 11.0. The minimum Gasteiger partial charge on any atom is -0.456 e. The predicted octanol–water partition coefficient (Wildman–Crippen LogP) is 12.2. The van der Waals surface area contributed by atoms with Crippen LogP contribution < -0.4 is 0 Å². The first-order chi connectivity index (χ1) is 25.3. The molecular formula is C45H26N4OS. The van der Waals surface area contributed by atoms with Crippen LogP contribution in [0.5, 0.6) is 0 Å². The molecular weight excluding hydrogens is 645 g/mol. The van der Waals surface area contributed by atoms with E-state index in [0.29, 0.717) is 17.5 Å². The van der Waals surface area contributed by atoms with Crippen molar-refractivity contribution >= 4 is 75.3 Å². The molecule has 51 heavy (non-hydrogen) atoms. The maximum Gasteiger partial charge on any atom is 0.164 e. The number of hydrogen-bond acceptors (Lipinski definition) is 5. The van der Waals surface area contributed by atoms with Crippen LogP contribution in [-0.2, 0) is 0 Å². The number of aromatic nitrogens is 4. The van der Waals surface area contributed by atoms with Crippen LogP contribution >= 0.6 is 11.3 Å². The molecule has 0 atom stereocenters. The van der Waals surface area contributed by atoms with Crippen molar-refractivity contribution in [2.75, 3.05) is 0 Å². The maximum atomic E-state index is 6.42. The van der Waals surface area contributed by atoms with Crippen molar-refractivity contribution < 1.29 is 4.42 Å². The highest BCUT2D eigenvalue weighted by Crippen LogP contribution is 2.43. The van der Waals surface area contributed by atoms with E-state index in [1.54, 1.807) is 0 Å². The number of hydrogen-bond donors (Lipinski definition) is 0. The summed E-state index contributed by atoms with van der Waals surface area (Å²) < 4.78 is 11.2. The summed E-state index contributed by atoms with van der Waals surface area (Å²) in [4.78, 5) is 15.3. The monoisotopic (exact) mass is 670 g/mol. The van der Waals surface area contributed by atoms with Crippen LogP contribution in [0, 0.1) is 0 Å². The molecule has 0 aliphatic heterocycles. The minimum atomic E-state index is 0.615. The van der Waals surface area contributed by atoms with Gasteiger partial charge < -0.3 is 8.98 Å². The molecule has 0 saturated heterocycles. The van der Waals surface area contributed by atoms with Gasteiger partial charge in [-0.05, 0) is 72.8 Å². The van der Waals surface area contributed by atoms with E-state index in [1.807, 2.05) is 47.7 Å². The van der Waals surface area contributed by atoms with E-state index in [-0.39, 0.29) is 0 Å². The molecule has 0 amide bonds. The normalized spacial score (nSPS) is 11.9. The molecule has 0 bridgehead atoms. The average Bonchev–Trinajstić information content (AvgIpc) is 3.87. The fourth-order valence-electron chi connectivity index (χ4n) is 7.54. The van der Waals surface area contributed by atoms with Gasteiger partial charge in [-0.3, -0.25) is 0 Å². The molecule has 11 aromatic rings. The molecule has 0 radical (unpaired) electrons. The molecule has 0 saturated carbocycles. The van der Waals surface area contributed by atoms with Gasteiger partial charge >= 0.3 is 0 Å². The van der Waals surface area contributed by atoms with E-state index in [4.69, 9.17) is 19.4 Å². The van der Waals surface area contributed by atoms with Gasteiger partial charge in [0.2, 0.25) is 0 Å². The quantitative estimate of drug-likeness (QED) is 0.187. The lowest BCUT2D eigenvalue weighted by Gasteiger charge is -2.10. The van der Waals surface area contributed by atoms with Crippen LogP contribution in [0.4, 0.5) is 0 Å². The number of thiophene rings is 1. The minimum absolute atomic E-state index is 0.615. The molecule has 4 heterocycles. The van der Waals surface area contributed by atoms with Crippen molar-refractivity contribution in [1.29, 1.82) is 0 Å². The lowest BCUT2D eigenvalue weighted by molar-refractivity contribution is 0.669. The standard InChI is InChI=1S/C45H26N4OS/c1-3-11-27(12-4-1)43-46-44(28-19-21-36-33(25-28)31-15-7-9-17-35(31)49(36)30-13-5-2-6-14-30)48-45(47-43)29-20-22-37-34(26-29)41-38(50-37)23-24-40-42(41)32-16-8-10-18-39(32)51-40/h1-26H. The van der Waals surface area contributed by atoms with Crippen molar-refractivity contribution in [2.24, 2.45) is 0 Å². The van der Waals surface area contributed by atoms with Crippen LogP contribution in [0.1, 0.15) is 0 Å². The molecule has 0 N–H and O–H groups in total. The Morgan fingerprint density at radius 1 is 0.412 bits per heavy atom. The Balaban J connectivity index is 1.14. The third-order valence-electron chi connectivity index (χ3n) is 9.84. The van der Waals surface area contributed by atoms with E-state index in [1.165, 1.54) is 25.6 Å². The number of nitrogens with zero attached hydrogens (tertiary/aromatic N) is 4. The highest BCUT2D eigenvalue weighted by molar-refractivity contribution is 7.26. The van der Waals surface area contributed by atoms with E-state index < -0.39 is 0 Å². The Hall–Kier alpha value is -6.63. The van der Waals surface area contributed by atoms with Crippen LogP contribution in [0.15, 0.2) is 162 Å². The second-order valence-electron chi connectivity index (χ2n) is 12.8. The van der Waals surface area contributed by atoms with Gasteiger partial charge in [0.25, 0.3) is 0 Å². The second kappa shape index (κ2) is 10.9. The van der Waals surface area contributed by atoms with Crippen molar-refractivity contribution in [1.82, 2.24) is 19.5 Å². The van der Waals surface area contributed by atoms with Gasteiger partial charge in [0.15, 0.2) is 17.5 Å². The molecule has 238 valence electrons. The number of benzene rings is 7. The second-order valence-corrected chi connectivity index (χ2v) is 13.9. The van der Waals surface area contributed by atoms with Crippen LogP contribution in [0.25, 0.3) is 104 Å². The van der Waals surface area contributed by atoms with Gasteiger partial charge in [0.1, 0.15) is 11.2 Å². The molecule has 0 fully saturated rings. The smallest absolute Gasteiger partial charge is 0.164 e. The zero-order chi connectivity index (χ0) is 33.5. The Morgan fingerprint density at radius 3 is 1.82 bits per heavy atom. The Morgan fingerprint density at radius 2 is 1.02 bits per heavy atom. The summed E-state index contributed by atoms with van der Waals surface area (Å²) >= 11 is 1.81. The van der Waals surface area contributed by atoms with Crippen molar-refractivity contribution in [3.8, 4) is 39.9 Å². The first kappa shape index (κ1) is 28.2. The molecule has 0 aliphatic carbocycles. The number of para-hydroxylation sites is 2. The fourth-order valence-corrected chi connectivity index (χ4v) is 8.65. The first-order valence-electron chi connectivity index (χ1n) is 16.9. The summed E-state index contributed by atoms with van der Waals surface area (Å²) in [5.41, 5.74) is 7.91. The largest absolute Gasteiger partial charge is 0.456 e. The molecule has 4 aromatic heterocycles. The Kier molecular flexibility index (Phi) is 6.05. The van der Waals surface area contributed by atoms with Gasteiger partial charge in [-0.2, -0.15) is 0 Å². The van der Waals surface area contributed by atoms with E-state index in [9.17, 15) is 0 Å². The first-order valence-corrected chi connectivity index (χ1v) is 17.8. The summed E-state index contributed by atoms with van der Waals surface area (Å²) in [5, 5.41) is 6.98. The summed E-state index contributed by atoms with van der Waals surface area (Å²) in [7, 11) is 0. The third kappa shape index (κ3) is 4.37. The van der Waals surface area contributed by atoms with E-state index >= 15 is 0 Å². The molecule has 11 rings (SSSR count). The highest BCUT2D eigenvalue weighted by Gasteiger charge is 2.19. The molecule has 7 aromatic carbocycles. The molecule has 0 aliphatic rings. The summed E-state index contributed by atoms with van der Waals surface area (Å²) in [6, 6.07) is 54.9. The van der Waals surface area contributed by atoms with Gasteiger partial charge in [0, 0.05) is 64.1 Å². The van der Waals surface area contributed by atoms with Crippen LogP contribution in [-0.4, -0.2) is 19.5 Å². The predicted molar refractivity (Wildman–Crippen MR) is 211 cm³/mol. The van der Waals surface area contributed by atoms with Crippen molar-refractivity contribution in [3.63, 3.8) is 0 Å². The van der Waals surface area contributed by atoms with Gasteiger partial charge in [-0.15, -0.1) is 11.3 Å². The van der Waals surface area contributed by atoms with Crippen LogP contribution in [0.2, 0.25) is 0 Å². The van der Waals surface area contributed by atoms with E-state index in [0.717, 1.165) is 60.7 Å². The highest BCUT2D eigenvalue weighted by atomic mass is 32.1. The lowest BCUT2D eigenvalue weighted by atomic mass is 10.0. The number of furan rings is 1. The molecule has 0 unspecified atom stereocenters. The van der Waals surface area contributed by atoms with Gasteiger partial charge in [-0.1, -0.05) is 84.9 Å². The summed E-state index contributed by atoms with van der Waals surface area (Å²) in [6.07, 6.45) is 0. The fraction of sp³-hybridized carbons (Fsp3) is 0. The van der Waals surface area contributed by atoms with Crippen molar-refractivity contribution in [3.05, 3.63) is 158 Å². The van der Waals surface area contributed by atoms with Gasteiger partial charge in [-0.25, -0.2) is 15.0 Å². The van der Waals surface area contributed by atoms with Crippen LogP contribution in [0.3, 0.4) is 0 Å². The zero-order valence-electron chi connectivity index (χ0n) is 27.1. The molecule has 6 heteroatoms. The summed E-state index contributed by atoms with van der Waals surface area (Å²) in [6.45, 7) is 0. The molecule has 0 spiro atoms. The Labute approximate surface area is 295 Å². The topological polar surface area (TPSA) is 56.7 Å². The SMILES string of the molecule is c1ccc(-c2nc(-c3ccc4oc5ccc6sc7ccccc7c6c5c4c3)nc(-c3ccc4c(c3)c3ccccc3n4-c3ccccc3)n2)cc1.